The van der Waals surface area contributed by atoms with Crippen molar-refractivity contribution in [3.63, 3.8) is 0 Å². The minimum atomic E-state index is -0.676. The van der Waals surface area contributed by atoms with Crippen molar-refractivity contribution < 1.29 is 9.90 Å². The number of nitrogens with zero attached hydrogens (tertiary/aromatic N) is 2. The normalized spacial score (nSPS) is 29.8. The first kappa shape index (κ1) is 12.1. The van der Waals surface area contributed by atoms with Gasteiger partial charge in [-0.1, -0.05) is 13.8 Å². The number of nitrogens with one attached hydrogen (secondary N) is 1. The highest BCUT2D eigenvalue weighted by Gasteiger charge is 2.36. The molecule has 0 aromatic carbocycles. The van der Waals surface area contributed by atoms with Crippen LogP contribution in [0.25, 0.3) is 0 Å². The Bertz CT molecular complexity index is 364. The minimum absolute atomic E-state index is 0.0181. The van der Waals surface area contributed by atoms with Gasteiger partial charge < -0.3 is 15.3 Å². The van der Waals surface area contributed by atoms with Crippen LogP contribution in [0.3, 0.4) is 0 Å². The summed E-state index contributed by atoms with van der Waals surface area (Å²) >= 11 is 0. The van der Waals surface area contributed by atoms with E-state index in [1.165, 1.54) is 4.90 Å². The predicted molar refractivity (Wildman–Crippen MR) is 65.3 cm³/mol. The topological polar surface area (TPSA) is 64.9 Å². The third-order valence-corrected chi connectivity index (χ3v) is 3.18. The van der Waals surface area contributed by atoms with Crippen molar-refractivity contribution in [1.82, 2.24) is 10.2 Å². The number of rotatable bonds is 2. The Balaban J connectivity index is 1.96. The molecule has 17 heavy (non-hydrogen) atoms. The molecule has 0 aliphatic carbocycles. The van der Waals surface area contributed by atoms with Crippen molar-refractivity contribution >= 4 is 12.2 Å². The Morgan fingerprint density at radius 3 is 3.06 bits per heavy atom. The van der Waals surface area contributed by atoms with Crippen LogP contribution in [0.4, 0.5) is 0 Å². The summed E-state index contributed by atoms with van der Waals surface area (Å²) in [5.74, 6) is 0.0181. The highest BCUT2D eigenvalue weighted by atomic mass is 16.3. The summed E-state index contributed by atoms with van der Waals surface area (Å²) in [6.45, 7) is 5.10. The van der Waals surface area contributed by atoms with Gasteiger partial charge in [0.2, 0.25) is 5.91 Å². The van der Waals surface area contributed by atoms with Crippen LogP contribution in [0.5, 0.6) is 0 Å². The molecule has 2 N–H and O–H groups in total. The number of piperidine rings is 1. The van der Waals surface area contributed by atoms with Gasteiger partial charge in [0.25, 0.3) is 0 Å². The van der Waals surface area contributed by atoms with Crippen LogP contribution in [0, 0.1) is 5.41 Å². The van der Waals surface area contributed by atoms with Crippen LogP contribution in [0.2, 0.25) is 0 Å². The maximum atomic E-state index is 11.9. The summed E-state index contributed by atoms with van der Waals surface area (Å²) in [7, 11) is 0. The number of carbonyl (C=O) groups is 1. The molecule has 0 saturated carbocycles. The van der Waals surface area contributed by atoms with Crippen molar-refractivity contribution in [3.8, 4) is 0 Å². The lowest BCUT2D eigenvalue weighted by molar-refractivity contribution is -0.152. The standard InChI is InChI=1S/C12H19N3O2/c1-12(2)5-10(16)15(11(17)6-12)4-3-9-7-13-8-14-9/h3,8,10,16H,4-7H2,1-2H3,(H,13,14). The summed E-state index contributed by atoms with van der Waals surface area (Å²) in [5, 5.41) is 13.0. The summed E-state index contributed by atoms with van der Waals surface area (Å²) < 4.78 is 0. The van der Waals surface area contributed by atoms with Gasteiger partial charge in [0.05, 0.1) is 12.9 Å². The number of aliphatic hydroxyl groups excluding tert-OH is 1. The smallest absolute Gasteiger partial charge is 0.225 e. The summed E-state index contributed by atoms with van der Waals surface area (Å²) in [4.78, 5) is 17.5. The molecule has 5 nitrogen and oxygen atoms in total. The predicted octanol–water partition coefficient (Wildman–Crippen LogP) is 0.469. The van der Waals surface area contributed by atoms with E-state index in [-0.39, 0.29) is 11.3 Å². The van der Waals surface area contributed by atoms with E-state index in [0.717, 1.165) is 5.70 Å². The highest BCUT2D eigenvalue weighted by Crippen LogP contribution is 2.33. The highest BCUT2D eigenvalue weighted by molar-refractivity contribution is 5.78. The van der Waals surface area contributed by atoms with Gasteiger partial charge in [-0.3, -0.25) is 9.79 Å². The van der Waals surface area contributed by atoms with Crippen molar-refractivity contribution in [2.24, 2.45) is 10.4 Å². The van der Waals surface area contributed by atoms with E-state index < -0.39 is 6.23 Å². The minimum Gasteiger partial charge on any atom is -0.373 e. The number of aliphatic hydroxyl groups is 1. The van der Waals surface area contributed by atoms with Gasteiger partial charge in [-0.25, -0.2) is 0 Å². The van der Waals surface area contributed by atoms with Gasteiger partial charge in [0, 0.05) is 18.7 Å². The molecule has 2 aliphatic heterocycles. The fourth-order valence-corrected chi connectivity index (χ4v) is 2.23. The van der Waals surface area contributed by atoms with E-state index in [1.54, 1.807) is 6.34 Å². The largest absolute Gasteiger partial charge is 0.373 e. The Kier molecular flexibility index (Phi) is 3.19. The van der Waals surface area contributed by atoms with Gasteiger partial charge in [0.1, 0.15) is 6.23 Å². The first-order valence-electron chi connectivity index (χ1n) is 5.89. The fraction of sp³-hybridized carbons (Fsp3) is 0.667. The molecule has 0 aromatic rings. The Labute approximate surface area is 101 Å². The average molecular weight is 237 g/mol. The zero-order chi connectivity index (χ0) is 12.5. The monoisotopic (exact) mass is 237 g/mol. The molecule has 2 heterocycles. The molecule has 0 aromatic heterocycles. The summed E-state index contributed by atoms with van der Waals surface area (Å²) in [6.07, 6.45) is 4.00. The number of carbonyl (C=O) groups excluding carboxylic acids is 1. The molecular weight excluding hydrogens is 218 g/mol. The number of hydrogen-bond acceptors (Lipinski definition) is 4. The van der Waals surface area contributed by atoms with Crippen LogP contribution in [0.1, 0.15) is 26.7 Å². The number of hydrogen-bond donors (Lipinski definition) is 2. The number of likely N-dealkylation sites (tertiary alicyclic amines) is 1. The first-order valence-corrected chi connectivity index (χ1v) is 5.89. The number of amides is 1. The van der Waals surface area contributed by atoms with Gasteiger partial charge >= 0.3 is 0 Å². The van der Waals surface area contributed by atoms with Crippen molar-refractivity contribution in [1.29, 1.82) is 0 Å². The fourth-order valence-electron chi connectivity index (χ4n) is 2.23. The zero-order valence-electron chi connectivity index (χ0n) is 10.3. The molecule has 1 atom stereocenters. The van der Waals surface area contributed by atoms with E-state index in [9.17, 15) is 9.90 Å². The molecule has 2 rings (SSSR count). The van der Waals surface area contributed by atoms with Crippen LogP contribution in [0.15, 0.2) is 16.8 Å². The lowest BCUT2D eigenvalue weighted by Crippen LogP contribution is -2.49. The molecule has 0 bridgehead atoms. The maximum Gasteiger partial charge on any atom is 0.225 e. The average Bonchev–Trinajstić information content (AvgIpc) is 2.67. The molecule has 1 fully saturated rings. The Morgan fingerprint density at radius 2 is 2.47 bits per heavy atom. The Morgan fingerprint density at radius 1 is 1.71 bits per heavy atom. The van der Waals surface area contributed by atoms with Gasteiger partial charge in [-0.2, -0.15) is 0 Å². The van der Waals surface area contributed by atoms with Gasteiger partial charge in [0.15, 0.2) is 0 Å². The van der Waals surface area contributed by atoms with E-state index in [0.29, 0.717) is 25.9 Å². The molecule has 94 valence electrons. The second kappa shape index (κ2) is 4.49. The van der Waals surface area contributed by atoms with Gasteiger partial charge in [-0.05, 0) is 17.9 Å². The first-order chi connectivity index (χ1) is 7.98. The lowest BCUT2D eigenvalue weighted by atomic mass is 9.81. The van der Waals surface area contributed by atoms with E-state index >= 15 is 0 Å². The molecule has 1 saturated heterocycles. The molecule has 1 amide bonds. The van der Waals surface area contributed by atoms with Crippen molar-refractivity contribution in [3.05, 3.63) is 11.8 Å². The van der Waals surface area contributed by atoms with E-state index in [1.807, 2.05) is 19.9 Å². The molecule has 5 heteroatoms. The zero-order valence-corrected chi connectivity index (χ0v) is 10.3. The number of aliphatic imine (C=N–C) groups is 1. The van der Waals surface area contributed by atoms with Crippen LogP contribution >= 0.6 is 0 Å². The third-order valence-electron chi connectivity index (χ3n) is 3.18. The summed E-state index contributed by atoms with van der Waals surface area (Å²) in [6, 6.07) is 0. The molecule has 0 spiro atoms. The van der Waals surface area contributed by atoms with Gasteiger partial charge in [-0.15, -0.1) is 0 Å². The van der Waals surface area contributed by atoms with E-state index in [2.05, 4.69) is 10.3 Å². The molecule has 2 aliphatic rings. The van der Waals surface area contributed by atoms with Crippen molar-refractivity contribution in [2.45, 2.75) is 32.9 Å². The molecule has 0 radical (unpaired) electrons. The van der Waals surface area contributed by atoms with Crippen LogP contribution in [-0.2, 0) is 4.79 Å². The second-order valence-electron chi connectivity index (χ2n) is 5.42. The Hall–Kier alpha value is -1.36. The lowest BCUT2D eigenvalue weighted by Gasteiger charge is -2.39. The van der Waals surface area contributed by atoms with Crippen molar-refractivity contribution in [2.75, 3.05) is 13.1 Å². The summed E-state index contributed by atoms with van der Waals surface area (Å²) in [5.41, 5.74) is 0.879. The SMILES string of the molecule is CC1(C)CC(=O)N(CC=C2CN=CN2)C(O)C1. The maximum absolute atomic E-state index is 11.9. The molecular formula is C12H19N3O2. The van der Waals surface area contributed by atoms with E-state index in [4.69, 9.17) is 0 Å². The quantitative estimate of drug-likeness (QED) is 0.733. The third kappa shape index (κ3) is 2.85. The second-order valence-corrected chi connectivity index (χ2v) is 5.42. The molecule has 1 unspecified atom stereocenters. The van der Waals surface area contributed by atoms with Crippen LogP contribution < -0.4 is 5.32 Å². The van der Waals surface area contributed by atoms with Crippen LogP contribution in [-0.4, -0.2) is 41.6 Å².